The van der Waals surface area contributed by atoms with Gasteiger partial charge in [0.2, 0.25) is 11.8 Å². The number of carboxylic acids is 1. The van der Waals surface area contributed by atoms with Crippen molar-refractivity contribution < 1.29 is 27.9 Å². The predicted molar refractivity (Wildman–Crippen MR) is 154 cm³/mol. The summed E-state index contributed by atoms with van der Waals surface area (Å²) < 4.78 is 29.6. The van der Waals surface area contributed by atoms with Gasteiger partial charge >= 0.3 is 5.97 Å². The Kier molecular flexibility index (Phi) is 9.17. The first-order chi connectivity index (χ1) is 19.1. The van der Waals surface area contributed by atoms with Gasteiger partial charge < -0.3 is 19.8 Å². The van der Waals surface area contributed by atoms with E-state index in [9.17, 15) is 27.9 Å². The fraction of sp³-hybridized carbons (Fsp3) is 0.577. The van der Waals surface area contributed by atoms with Gasteiger partial charge in [0.1, 0.15) is 10.3 Å². The highest BCUT2D eigenvalue weighted by Gasteiger charge is 2.37. The Bertz CT molecular complexity index is 1350. The molecule has 2 amide bonds. The van der Waals surface area contributed by atoms with Gasteiger partial charge in [-0.2, -0.15) is 4.72 Å². The van der Waals surface area contributed by atoms with Crippen molar-refractivity contribution in [2.45, 2.75) is 54.8 Å². The molecular formula is C26H33ClN4O6S3. The number of carbonyl (C=O) groups excluding carboxylic acids is 2. The minimum Gasteiger partial charge on any atom is -0.481 e. The molecule has 2 N–H and O–H groups in total. The second-order valence-corrected chi connectivity index (χ2v) is 15.3. The number of thiophene rings is 2. The van der Waals surface area contributed by atoms with Crippen LogP contribution in [-0.4, -0.2) is 97.4 Å². The Labute approximate surface area is 246 Å². The maximum atomic E-state index is 13.3. The fourth-order valence-electron chi connectivity index (χ4n) is 5.76. The van der Waals surface area contributed by atoms with E-state index in [1.54, 1.807) is 12.1 Å². The van der Waals surface area contributed by atoms with Crippen LogP contribution in [0.4, 0.5) is 0 Å². The number of nitrogens with one attached hydrogen (secondary N) is 1. The number of halogens is 1. The summed E-state index contributed by atoms with van der Waals surface area (Å²) in [6.07, 6.45) is 3.97. The molecule has 0 bridgehead atoms. The number of carbonyl (C=O) groups is 3. The van der Waals surface area contributed by atoms with Crippen LogP contribution in [0.1, 0.15) is 38.5 Å². The van der Waals surface area contributed by atoms with Gasteiger partial charge in [0.25, 0.3) is 10.0 Å². The Hall–Kier alpha value is -2.03. The molecule has 40 heavy (non-hydrogen) atoms. The summed E-state index contributed by atoms with van der Waals surface area (Å²) in [5, 5.41) is 9.24. The molecule has 5 heterocycles. The first kappa shape index (κ1) is 29.5. The van der Waals surface area contributed by atoms with Crippen LogP contribution in [-0.2, 0) is 24.4 Å². The summed E-state index contributed by atoms with van der Waals surface area (Å²) in [7, 11) is -3.92. The number of carboxylic acid groups (broad SMARTS) is 1. The molecule has 2 unspecified atom stereocenters. The zero-order chi connectivity index (χ0) is 28.4. The number of rotatable bonds is 9. The van der Waals surface area contributed by atoms with Crippen LogP contribution in [0.3, 0.4) is 0 Å². The molecule has 10 nitrogen and oxygen atoms in total. The molecule has 0 aliphatic carbocycles. The summed E-state index contributed by atoms with van der Waals surface area (Å²) in [5.41, 5.74) is 0. The van der Waals surface area contributed by atoms with Gasteiger partial charge in [-0.05, 0) is 75.9 Å². The standard InChI is InChI=1S/C26H33ClN4O6S3/c27-22-7-5-20(38-22)21-6-8-24(39-21)40(36,37)28-19-4-2-11-30(25(19)33)16-23(32)31-12-1-3-18(31)15-29-13-9-17(10-14-29)26(34)35/h5-8,17-19,28H,1-4,9-16H2,(H,34,35). The number of hydrogen-bond acceptors (Lipinski definition) is 8. The lowest BCUT2D eigenvalue weighted by Gasteiger charge is -2.36. The van der Waals surface area contributed by atoms with Crippen LogP contribution in [0.25, 0.3) is 9.75 Å². The number of nitrogens with zero attached hydrogens (tertiary/aromatic N) is 3. The number of sulfonamides is 1. The largest absolute Gasteiger partial charge is 0.481 e. The van der Waals surface area contributed by atoms with E-state index >= 15 is 0 Å². The van der Waals surface area contributed by atoms with E-state index in [1.807, 2.05) is 11.0 Å². The smallest absolute Gasteiger partial charge is 0.306 e. The average Bonchev–Trinajstić information content (AvgIpc) is 3.68. The Morgan fingerprint density at radius 1 is 0.975 bits per heavy atom. The molecule has 218 valence electrons. The fourth-order valence-corrected chi connectivity index (χ4v) is 9.44. The number of aliphatic carboxylic acids is 1. The van der Waals surface area contributed by atoms with Crippen molar-refractivity contribution in [3.05, 3.63) is 28.6 Å². The zero-order valence-corrected chi connectivity index (χ0v) is 25.2. The van der Waals surface area contributed by atoms with Gasteiger partial charge in [0.15, 0.2) is 0 Å². The monoisotopic (exact) mass is 628 g/mol. The maximum Gasteiger partial charge on any atom is 0.306 e. The van der Waals surface area contributed by atoms with Gasteiger partial charge in [0.05, 0.1) is 16.8 Å². The summed E-state index contributed by atoms with van der Waals surface area (Å²) in [6.45, 7) is 3.07. The lowest BCUT2D eigenvalue weighted by Crippen LogP contribution is -2.55. The minimum absolute atomic E-state index is 0.0364. The third kappa shape index (κ3) is 6.71. The summed E-state index contributed by atoms with van der Waals surface area (Å²) in [6, 6.07) is 5.98. The third-order valence-corrected chi connectivity index (χ3v) is 12.4. The molecule has 3 saturated heterocycles. The maximum absolute atomic E-state index is 13.3. The highest BCUT2D eigenvalue weighted by Crippen LogP contribution is 2.37. The van der Waals surface area contributed by atoms with Gasteiger partial charge in [-0.15, -0.1) is 22.7 Å². The van der Waals surface area contributed by atoms with Crippen LogP contribution >= 0.6 is 34.3 Å². The average molecular weight is 629 g/mol. The Balaban J connectivity index is 1.16. The van der Waals surface area contributed by atoms with E-state index in [-0.39, 0.29) is 34.5 Å². The summed E-state index contributed by atoms with van der Waals surface area (Å²) >= 11 is 8.50. The molecule has 2 aromatic heterocycles. The van der Waals surface area contributed by atoms with Crippen LogP contribution in [0.15, 0.2) is 28.5 Å². The molecule has 2 aromatic rings. The molecule has 2 atom stereocenters. The predicted octanol–water partition coefficient (Wildman–Crippen LogP) is 3.19. The van der Waals surface area contributed by atoms with Crippen molar-refractivity contribution in [3.63, 3.8) is 0 Å². The van der Waals surface area contributed by atoms with Crippen molar-refractivity contribution in [2.24, 2.45) is 5.92 Å². The quantitative estimate of drug-likeness (QED) is 0.437. The number of hydrogen-bond donors (Lipinski definition) is 2. The van der Waals surface area contributed by atoms with Crippen molar-refractivity contribution in [1.82, 2.24) is 19.4 Å². The number of piperidine rings is 2. The molecular weight excluding hydrogens is 596 g/mol. The highest BCUT2D eigenvalue weighted by atomic mass is 35.5. The second-order valence-electron chi connectivity index (χ2n) is 10.6. The van der Waals surface area contributed by atoms with Gasteiger partial charge in [0, 0.05) is 35.4 Å². The topological polar surface area (TPSA) is 127 Å². The van der Waals surface area contributed by atoms with Crippen LogP contribution in [0.2, 0.25) is 4.34 Å². The van der Waals surface area contributed by atoms with Gasteiger partial charge in [-0.1, -0.05) is 11.6 Å². The third-order valence-electron chi connectivity index (χ3n) is 7.92. The van der Waals surface area contributed by atoms with E-state index in [0.717, 1.165) is 33.9 Å². The lowest BCUT2D eigenvalue weighted by molar-refractivity contribution is -0.144. The lowest BCUT2D eigenvalue weighted by atomic mass is 9.96. The van der Waals surface area contributed by atoms with E-state index in [0.29, 0.717) is 62.7 Å². The molecule has 0 saturated carbocycles. The van der Waals surface area contributed by atoms with Crippen LogP contribution in [0.5, 0.6) is 0 Å². The van der Waals surface area contributed by atoms with E-state index in [4.69, 9.17) is 11.6 Å². The molecule has 0 spiro atoms. The Morgan fingerprint density at radius 3 is 2.38 bits per heavy atom. The minimum atomic E-state index is -3.92. The summed E-state index contributed by atoms with van der Waals surface area (Å²) in [5.74, 6) is -1.54. The molecule has 5 rings (SSSR count). The normalized spacial score (nSPS) is 23.2. The SMILES string of the molecule is O=C(O)C1CCN(CC2CCCN2C(=O)CN2CCCC(NS(=O)(=O)c3ccc(-c4ccc(Cl)s4)s3)C2=O)CC1. The first-order valence-corrected chi connectivity index (χ1v) is 17.0. The Morgan fingerprint density at radius 2 is 1.68 bits per heavy atom. The molecule has 0 radical (unpaired) electrons. The van der Waals surface area contributed by atoms with Crippen molar-refractivity contribution in [1.29, 1.82) is 0 Å². The van der Waals surface area contributed by atoms with E-state index in [1.165, 1.54) is 22.3 Å². The first-order valence-electron chi connectivity index (χ1n) is 13.5. The van der Waals surface area contributed by atoms with Crippen LogP contribution < -0.4 is 4.72 Å². The molecule has 3 aliphatic rings. The molecule has 14 heteroatoms. The van der Waals surface area contributed by atoms with E-state index in [2.05, 4.69) is 9.62 Å². The number of likely N-dealkylation sites (tertiary alicyclic amines) is 3. The molecule has 3 aliphatic heterocycles. The van der Waals surface area contributed by atoms with Crippen molar-refractivity contribution >= 4 is 62.1 Å². The van der Waals surface area contributed by atoms with Gasteiger partial charge in [-0.25, -0.2) is 8.42 Å². The van der Waals surface area contributed by atoms with Crippen molar-refractivity contribution in [2.75, 3.05) is 39.3 Å². The molecule has 0 aromatic carbocycles. The van der Waals surface area contributed by atoms with Crippen molar-refractivity contribution in [3.8, 4) is 9.75 Å². The van der Waals surface area contributed by atoms with E-state index < -0.39 is 22.0 Å². The molecule has 3 fully saturated rings. The van der Waals surface area contributed by atoms with Crippen LogP contribution in [0, 0.1) is 5.92 Å². The highest BCUT2D eigenvalue weighted by molar-refractivity contribution is 7.91. The zero-order valence-electron chi connectivity index (χ0n) is 22.0. The second kappa shape index (κ2) is 12.5. The summed E-state index contributed by atoms with van der Waals surface area (Å²) in [4.78, 5) is 45.0. The number of amides is 2. The van der Waals surface area contributed by atoms with Gasteiger partial charge in [-0.3, -0.25) is 14.4 Å².